The summed E-state index contributed by atoms with van der Waals surface area (Å²) >= 11 is 0. The lowest BCUT2D eigenvalue weighted by molar-refractivity contribution is 0.518. The van der Waals surface area contributed by atoms with E-state index in [-0.39, 0.29) is 0 Å². The second-order valence-corrected chi connectivity index (χ2v) is 5.34. The van der Waals surface area contributed by atoms with E-state index in [4.69, 9.17) is 5.73 Å². The molecule has 3 N–H and O–H groups in total. The van der Waals surface area contributed by atoms with Crippen molar-refractivity contribution in [3.05, 3.63) is 12.4 Å². The predicted molar refractivity (Wildman–Crippen MR) is 79.4 cm³/mol. The molecule has 2 rings (SSSR count). The fourth-order valence-electron chi connectivity index (χ4n) is 2.66. The molecule has 1 aromatic heterocycles. The third-order valence-corrected chi connectivity index (χ3v) is 3.84. The van der Waals surface area contributed by atoms with Crippen LogP contribution in [-0.4, -0.2) is 36.6 Å². The molecule has 1 aliphatic carbocycles. The van der Waals surface area contributed by atoms with Crippen LogP contribution in [0.4, 0.5) is 11.6 Å². The zero-order valence-electron chi connectivity index (χ0n) is 11.8. The number of likely N-dealkylation sites (N-methyl/N-ethyl adjacent to an activating group) is 1. The molecular weight excluding hydrogens is 238 g/mol. The van der Waals surface area contributed by atoms with Gasteiger partial charge in [-0.1, -0.05) is 25.7 Å². The van der Waals surface area contributed by atoms with E-state index >= 15 is 0 Å². The summed E-state index contributed by atoms with van der Waals surface area (Å²) < 4.78 is 0. The summed E-state index contributed by atoms with van der Waals surface area (Å²) in [7, 11) is 2.00. The van der Waals surface area contributed by atoms with E-state index in [2.05, 4.69) is 15.3 Å². The van der Waals surface area contributed by atoms with Crippen LogP contribution in [0.3, 0.4) is 0 Å². The molecule has 0 unspecified atom stereocenters. The van der Waals surface area contributed by atoms with Crippen molar-refractivity contribution >= 4 is 11.6 Å². The van der Waals surface area contributed by atoms with E-state index in [1.165, 1.54) is 32.1 Å². The Bertz CT molecular complexity index is 376. The maximum absolute atomic E-state index is 5.55. The van der Waals surface area contributed by atoms with Gasteiger partial charge in [-0.05, 0) is 12.3 Å². The van der Waals surface area contributed by atoms with E-state index in [1.807, 2.05) is 18.0 Å². The second kappa shape index (κ2) is 7.28. The Labute approximate surface area is 115 Å². The first-order valence-electron chi connectivity index (χ1n) is 7.26. The zero-order chi connectivity index (χ0) is 13.5. The van der Waals surface area contributed by atoms with Gasteiger partial charge in [0.1, 0.15) is 18.0 Å². The largest absolute Gasteiger partial charge is 0.370 e. The molecule has 0 saturated heterocycles. The summed E-state index contributed by atoms with van der Waals surface area (Å²) in [6, 6.07) is 1.99. The third-order valence-electron chi connectivity index (χ3n) is 3.84. The average molecular weight is 263 g/mol. The lowest BCUT2D eigenvalue weighted by Crippen LogP contribution is -2.25. The fraction of sp³-hybridized carbons (Fsp3) is 0.714. The highest BCUT2D eigenvalue weighted by molar-refractivity contribution is 5.47. The van der Waals surface area contributed by atoms with Crippen LogP contribution >= 0.6 is 0 Å². The van der Waals surface area contributed by atoms with Gasteiger partial charge in [-0.15, -0.1) is 0 Å². The Morgan fingerprint density at radius 2 is 2.16 bits per heavy atom. The highest BCUT2D eigenvalue weighted by Crippen LogP contribution is 2.27. The number of nitrogens with zero attached hydrogens (tertiary/aromatic N) is 3. The van der Waals surface area contributed by atoms with Crippen molar-refractivity contribution in [2.75, 3.05) is 36.9 Å². The maximum atomic E-state index is 5.55. The van der Waals surface area contributed by atoms with Crippen LogP contribution in [0.5, 0.6) is 0 Å². The molecule has 5 heteroatoms. The number of nitrogens with one attached hydrogen (secondary N) is 1. The second-order valence-electron chi connectivity index (χ2n) is 5.34. The van der Waals surface area contributed by atoms with Gasteiger partial charge in [0, 0.05) is 32.7 Å². The maximum Gasteiger partial charge on any atom is 0.133 e. The molecule has 1 fully saturated rings. The van der Waals surface area contributed by atoms with Gasteiger partial charge in [-0.25, -0.2) is 9.97 Å². The Hall–Kier alpha value is -1.36. The summed E-state index contributed by atoms with van der Waals surface area (Å²) in [6.07, 6.45) is 8.47. The van der Waals surface area contributed by atoms with Crippen LogP contribution in [0, 0.1) is 5.92 Å². The number of hydrogen-bond acceptors (Lipinski definition) is 5. The number of aromatic nitrogens is 2. The van der Waals surface area contributed by atoms with E-state index in [9.17, 15) is 0 Å². The van der Waals surface area contributed by atoms with Crippen molar-refractivity contribution in [2.24, 2.45) is 11.7 Å². The summed E-state index contributed by atoms with van der Waals surface area (Å²) in [4.78, 5) is 10.6. The SMILES string of the molecule is CN(CCN)c1cc(NCCC2CCCC2)ncn1. The van der Waals surface area contributed by atoms with Gasteiger partial charge in [-0.2, -0.15) is 0 Å². The topological polar surface area (TPSA) is 67.1 Å². The molecule has 1 aromatic rings. The van der Waals surface area contributed by atoms with Crippen molar-refractivity contribution in [3.8, 4) is 0 Å². The molecule has 0 spiro atoms. The Balaban J connectivity index is 1.80. The van der Waals surface area contributed by atoms with Crippen LogP contribution in [-0.2, 0) is 0 Å². The highest BCUT2D eigenvalue weighted by atomic mass is 15.2. The van der Waals surface area contributed by atoms with Crippen molar-refractivity contribution < 1.29 is 0 Å². The lowest BCUT2D eigenvalue weighted by atomic mass is 10.0. The van der Waals surface area contributed by atoms with Crippen LogP contribution in [0.25, 0.3) is 0 Å². The molecule has 0 bridgehead atoms. The minimum atomic E-state index is 0.630. The molecule has 0 radical (unpaired) electrons. The first-order valence-corrected chi connectivity index (χ1v) is 7.26. The van der Waals surface area contributed by atoms with Crippen LogP contribution < -0.4 is 16.0 Å². The Morgan fingerprint density at radius 1 is 1.37 bits per heavy atom. The minimum absolute atomic E-state index is 0.630. The number of rotatable bonds is 7. The molecule has 0 aliphatic heterocycles. The lowest BCUT2D eigenvalue weighted by Gasteiger charge is -2.17. The summed E-state index contributed by atoms with van der Waals surface area (Å²) in [5.74, 6) is 2.74. The predicted octanol–water partition coefficient (Wildman–Crippen LogP) is 1.86. The smallest absolute Gasteiger partial charge is 0.133 e. The molecule has 5 nitrogen and oxygen atoms in total. The van der Waals surface area contributed by atoms with Crippen LogP contribution in [0.1, 0.15) is 32.1 Å². The molecule has 0 amide bonds. The standard InChI is InChI=1S/C14H25N5/c1-19(9-7-15)14-10-13(17-11-18-14)16-8-6-12-4-2-3-5-12/h10-12H,2-9,15H2,1H3,(H,16,17,18). The van der Waals surface area contributed by atoms with E-state index in [0.29, 0.717) is 6.54 Å². The first kappa shape index (κ1) is 14.1. The molecule has 1 saturated carbocycles. The molecule has 106 valence electrons. The zero-order valence-corrected chi connectivity index (χ0v) is 11.8. The molecule has 0 atom stereocenters. The number of anilines is 2. The molecule has 1 aliphatic rings. The first-order chi connectivity index (χ1) is 9.29. The Morgan fingerprint density at radius 3 is 2.89 bits per heavy atom. The fourth-order valence-corrected chi connectivity index (χ4v) is 2.66. The molecule has 1 heterocycles. The third kappa shape index (κ3) is 4.35. The molecule has 0 aromatic carbocycles. The minimum Gasteiger partial charge on any atom is -0.370 e. The molecular formula is C14H25N5. The quantitative estimate of drug-likeness (QED) is 0.786. The van der Waals surface area contributed by atoms with Gasteiger partial charge in [0.05, 0.1) is 0 Å². The van der Waals surface area contributed by atoms with Gasteiger partial charge in [-0.3, -0.25) is 0 Å². The van der Waals surface area contributed by atoms with Gasteiger partial charge < -0.3 is 16.0 Å². The van der Waals surface area contributed by atoms with Crippen LogP contribution in [0.2, 0.25) is 0 Å². The normalized spacial score (nSPS) is 15.7. The Kier molecular flexibility index (Phi) is 5.39. The summed E-state index contributed by atoms with van der Waals surface area (Å²) in [6.45, 7) is 2.44. The van der Waals surface area contributed by atoms with Gasteiger partial charge >= 0.3 is 0 Å². The van der Waals surface area contributed by atoms with E-state index < -0.39 is 0 Å². The monoisotopic (exact) mass is 263 g/mol. The average Bonchev–Trinajstić information content (AvgIpc) is 2.93. The van der Waals surface area contributed by atoms with Crippen LogP contribution in [0.15, 0.2) is 12.4 Å². The molecule has 19 heavy (non-hydrogen) atoms. The van der Waals surface area contributed by atoms with Gasteiger partial charge in [0.15, 0.2) is 0 Å². The summed E-state index contributed by atoms with van der Waals surface area (Å²) in [5.41, 5.74) is 5.55. The van der Waals surface area contributed by atoms with Crippen molar-refractivity contribution in [1.29, 1.82) is 0 Å². The van der Waals surface area contributed by atoms with Gasteiger partial charge in [0.25, 0.3) is 0 Å². The number of nitrogens with two attached hydrogens (primary N) is 1. The van der Waals surface area contributed by atoms with E-state index in [0.717, 1.165) is 30.6 Å². The number of hydrogen-bond donors (Lipinski definition) is 2. The van der Waals surface area contributed by atoms with E-state index in [1.54, 1.807) is 6.33 Å². The van der Waals surface area contributed by atoms with Crippen molar-refractivity contribution in [2.45, 2.75) is 32.1 Å². The summed E-state index contributed by atoms with van der Waals surface area (Å²) in [5, 5.41) is 3.40. The van der Waals surface area contributed by atoms with Crippen molar-refractivity contribution in [1.82, 2.24) is 9.97 Å². The van der Waals surface area contributed by atoms with Crippen molar-refractivity contribution in [3.63, 3.8) is 0 Å². The highest BCUT2D eigenvalue weighted by Gasteiger charge is 2.14. The van der Waals surface area contributed by atoms with Gasteiger partial charge in [0.2, 0.25) is 0 Å².